The number of carbonyl (C=O) groups is 5. The summed E-state index contributed by atoms with van der Waals surface area (Å²) >= 11 is 0. The lowest BCUT2D eigenvalue weighted by molar-refractivity contribution is -0.318. The van der Waals surface area contributed by atoms with E-state index in [-0.39, 0.29) is 6.61 Å². The Labute approximate surface area is 191 Å². The summed E-state index contributed by atoms with van der Waals surface area (Å²) in [6.07, 6.45) is -1.61. The molecule has 0 amide bonds. The quantitative estimate of drug-likeness (QED) is 0.217. The third kappa shape index (κ3) is 7.10. The normalized spacial score (nSPS) is 33.5. The highest BCUT2D eigenvalue weighted by molar-refractivity contribution is 5.68. The lowest BCUT2D eigenvalue weighted by Crippen LogP contribution is -2.63. The van der Waals surface area contributed by atoms with Gasteiger partial charge < -0.3 is 33.2 Å². The number of esters is 4. The highest BCUT2D eigenvalue weighted by Crippen LogP contribution is 2.37. The van der Waals surface area contributed by atoms with E-state index in [1.54, 1.807) is 13.0 Å². The van der Waals surface area contributed by atoms with Crippen molar-refractivity contribution < 1.29 is 52.4 Å². The SMILES string of the molecule is CC(=O)OC[C@H]1O[C@H](O[C@@H]2C=CCC[C@@]2(C)C=O)[C@H](OC(C)=O)[C@@H](OC(C)=O)[C@@H]1OC(C)=O. The lowest BCUT2D eigenvalue weighted by atomic mass is 9.78. The van der Waals surface area contributed by atoms with Crippen LogP contribution in [0.3, 0.4) is 0 Å². The Morgan fingerprint density at radius 2 is 1.52 bits per heavy atom. The Kier molecular flexibility index (Phi) is 9.12. The molecule has 0 bridgehead atoms. The first kappa shape index (κ1) is 26.5. The van der Waals surface area contributed by atoms with Crippen LogP contribution in [0.15, 0.2) is 12.2 Å². The van der Waals surface area contributed by atoms with Crippen molar-refractivity contribution in [3.63, 3.8) is 0 Å². The van der Waals surface area contributed by atoms with Crippen molar-refractivity contribution in [1.82, 2.24) is 0 Å². The summed E-state index contributed by atoms with van der Waals surface area (Å²) in [7, 11) is 0. The molecule has 1 heterocycles. The summed E-state index contributed by atoms with van der Waals surface area (Å²) < 4.78 is 33.1. The van der Waals surface area contributed by atoms with E-state index in [9.17, 15) is 24.0 Å². The van der Waals surface area contributed by atoms with Crippen LogP contribution >= 0.6 is 0 Å². The smallest absolute Gasteiger partial charge is 0.303 e. The van der Waals surface area contributed by atoms with Gasteiger partial charge in [-0.25, -0.2) is 0 Å². The maximum absolute atomic E-state index is 11.9. The maximum Gasteiger partial charge on any atom is 0.303 e. The Morgan fingerprint density at radius 3 is 2.06 bits per heavy atom. The molecule has 2 rings (SSSR count). The predicted octanol–water partition coefficient (Wildman–Crippen LogP) is 1.01. The Morgan fingerprint density at radius 1 is 0.939 bits per heavy atom. The summed E-state index contributed by atoms with van der Waals surface area (Å²) in [6, 6.07) is 0. The number of carbonyl (C=O) groups excluding carboxylic acids is 5. The van der Waals surface area contributed by atoms with E-state index in [0.717, 1.165) is 27.1 Å². The van der Waals surface area contributed by atoms with Crippen molar-refractivity contribution >= 4 is 30.2 Å². The van der Waals surface area contributed by atoms with E-state index >= 15 is 0 Å². The van der Waals surface area contributed by atoms with Gasteiger partial charge in [-0.15, -0.1) is 0 Å². The maximum atomic E-state index is 11.9. The molecule has 11 heteroatoms. The van der Waals surface area contributed by atoms with Crippen LogP contribution < -0.4 is 0 Å². The second-order valence-electron chi connectivity index (χ2n) is 8.21. The number of rotatable bonds is 8. The molecular formula is C22H30O11. The Hall–Kier alpha value is -2.79. The van der Waals surface area contributed by atoms with Gasteiger partial charge in [-0.3, -0.25) is 19.2 Å². The molecule has 0 aromatic rings. The van der Waals surface area contributed by atoms with Gasteiger partial charge in [0.05, 0.1) is 11.5 Å². The minimum absolute atomic E-state index is 0.358. The molecule has 1 fully saturated rings. The van der Waals surface area contributed by atoms with Crippen molar-refractivity contribution in [1.29, 1.82) is 0 Å². The van der Waals surface area contributed by atoms with Gasteiger partial charge in [0.15, 0.2) is 24.6 Å². The summed E-state index contributed by atoms with van der Waals surface area (Å²) in [6.45, 7) is 5.96. The molecule has 0 spiro atoms. The first-order valence-electron chi connectivity index (χ1n) is 10.6. The fourth-order valence-corrected chi connectivity index (χ4v) is 3.75. The number of hydrogen-bond acceptors (Lipinski definition) is 11. The van der Waals surface area contributed by atoms with E-state index < -0.39 is 66.1 Å². The fourth-order valence-electron chi connectivity index (χ4n) is 3.75. The van der Waals surface area contributed by atoms with E-state index in [0.29, 0.717) is 12.8 Å². The minimum Gasteiger partial charge on any atom is -0.463 e. The fraction of sp³-hybridized carbons (Fsp3) is 0.682. The summed E-state index contributed by atoms with van der Waals surface area (Å²) in [4.78, 5) is 58.7. The van der Waals surface area contributed by atoms with Gasteiger partial charge in [-0.1, -0.05) is 19.1 Å². The molecule has 0 radical (unpaired) electrons. The predicted molar refractivity (Wildman–Crippen MR) is 109 cm³/mol. The molecule has 0 aromatic carbocycles. The van der Waals surface area contributed by atoms with Crippen LogP contribution in [0, 0.1) is 5.41 Å². The van der Waals surface area contributed by atoms with Crippen LogP contribution in [-0.4, -0.2) is 73.6 Å². The van der Waals surface area contributed by atoms with Crippen molar-refractivity contribution in [3.05, 3.63) is 12.2 Å². The Balaban J connectivity index is 2.46. The molecule has 1 aliphatic carbocycles. The van der Waals surface area contributed by atoms with Crippen molar-refractivity contribution in [2.75, 3.05) is 6.61 Å². The molecule has 0 aromatic heterocycles. The van der Waals surface area contributed by atoms with Crippen LogP contribution in [0.2, 0.25) is 0 Å². The minimum atomic E-state index is -1.34. The zero-order valence-corrected chi connectivity index (χ0v) is 19.3. The highest BCUT2D eigenvalue weighted by atomic mass is 16.7. The summed E-state index contributed by atoms with van der Waals surface area (Å²) in [5, 5.41) is 0. The van der Waals surface area contributed by atoms with E-state index in [4.69, 9.17) is 28.4 Å². The van der Waals surface area contributed by atoms with Gasteiger partial charge in [0.25, 0.3) is 0 Å². The van der Waals surface area contributed by atoms with E-state index in [1.807, 2.05) is 6.08 Å². The third-order valence-corrected chi connectivity index (χ3v) is 5.31. The second kappa shape index (κ2) is 11.4. The van der Waals surface area contributed by atoms with E-state index in [2.05, 4.69) is 0 Å². The Bertz CT molecular complexity index is 791. The van der Waals surface area contributed by atoms with Crippen molar-refractivity contribution in [2.45, 2.75) is 84.3 Å². The number of aldehydes is 1. The summed E-state index contributed by atoms with van der Waals surface area (Å²) in [5.74, 6) is -2.81. The van der Waals surface area contributed by atoms with Gasteiger partial charge in [0.2, 0.25) is 0 Å². The van der Waals surface area contributed by atoms with Gasteiger partial charge in [0.1, 0.15) is 19.0 Å². The van der Waals surface area contributed by atoms with Crippen LogP contribution in [0.5, 0.6) is 0 Å². The molecule has 11 nitrogen and oxygen atoms in total. The standard InChI is InChI=1S/C22H30O11/c1-12(24)28-10-16-18(29-13(2)25)19(30-14(3)26)20(31-15(4)27)21(32-16)33-17-8-6-7-9-22(17,5)11-23/h6,8,11,16-21H,7,9-10H2,1-5H3/t16-,17-,18-,19+,20-,21-,22+/m1/s1. The largest absolute Gasteiger partial charge is 0.463 e. The molecule has 7 atom stereocenters. The molecule has 33 heavy (non-hydrogen) atoms. The zero-order valence-electron chi connectivity index (χ0n) is 19.3. The topological polar surface area (TPSA) is 141 Å². The highest BCUT2D eigenvalue weighted by Gasteiger charge is 2.54. The van der Waals surface area contributed by atoms with Gasteiger partial charge in [0, 0.05) is 27.7 Å². The van der Waals surface area contributed by atoms with Crippen LogP contribution in [0.25, 0.3) is 0 Å². The van der Waals surface area contributed by atoms with Crippen LogP contribution in [0.1, 0.15) is 47.5 Å². The lowest BCUT2D eigenvalue weighted by Gasteiger charge is -2.46. The number of ether oxygens (including phenoxy) is 6. The van der Waals surface area contributed by atoms with Crippen LogP contribution in [0.4, 0.5) is 0 Å². The van der Waals surface area contributed by atoms with E-state index in [1.165, 1.54) is 6.92 Å². The van der Waals surface area contributed by atoms with Gasteiger partial charge >= 0.3 is 23.9 Å². The number of hydrogen-bond donors (Lipinski definition) is 0. The van der Waals surface area contributed by atoms with Crippen molar-refractivity contribution in [3.8, 4) is 0 Å². The average Bonchev–Trinajstić information content (AvgIpc) is 2.71. The molecule has 184 valence electrons. The molecule has 2 aliphatic rings. The zero-order chi connectivity index (χ0) is 24.8. The first-order valence-corrected chi connectivity index (χ1v) is 10.6. The van der Waals surface area contributed by atoms with Crippen LogP contribution in [-0.2, 0) is 52.4 Å². The van der Waals surface area contributed by atoms with Crippen molar-refractivity contribution in [2.24, 2.45) is 5.41 Å². The molecule has 1 aliphatic heterocycles. The molecule has 0 saturated carbocycles. The third-order valence-electron chi connectivity index (χ3n) is 5.31. The van der Waals surface area contributed by atoms with Gasteiger partial charge in [-0.2, -0.15) is 0 Å². The number of allylic oxidation sites excluding steroid dienone is 1. The summed E-state index contributed by atoms with van der Waals surface area (Å²) in [5.41, 5.74) is -0.881. The second-order valence-corrected chi connectivity index (χ2v) is 8.21. The monoisotopic (exact) mass is 470 g/mol. The first-order chi connectivity index (χ1) is 15.5. The molecule has 1 saturated heterocycles. The average molecular weight is 470 g/mol. The molecule has 0 unspecified atom stereocenters. The van der Waals surface area contributed by atoms with Gasteiger partial charge in [-0.05, 0) is 12.8 Å². The molecular weight excluding hydrogens is 440 g/mol. The molecule has 0 N–H and O–H groups in total.